The zero-order valence-electron chi connectivity index (χ0n) is 16.5. The van der Waals surface area contributed by atoms with Gasteiger partial charge in [-0.3, -0.25) is 0 Å². The van der Waals surface area contributed by atoms with Crippen molar-refractivity contribution in [2.75, 3.05) is 14.2 Å². The van der Waals surface area contributed by atoms with Crippen LogP contribution in [0.2, 0.25) is 5.02 Å². The highest BCUT2D eigenvalue weighted by molar-refractivity contribution is 6.35. The van der Waals surface area contributed by atoms with Gasteiger partial charge in [-0.15, -0.1) is 0 Å². The molecule has 0 atom stereocenters. The molecule has 4 aromatic rings. The van der Waals surface area contributed by atoms with Gasteiger partial charge in [0.05, 0.1) is 30.6 Å². The van der Waals surface area contributed by atoms with Crippen LogP contribution in [0.1, 0.15) is 5.56 Å². The smallest absolute Gasteiger partial charge is 0.118 e. The second kappa shape index (κ2) is 8.02. The third-order valence-corrected chi connectivity index (χ3v) is 5.19. The Morgan fingerprint density at radius 1 is 0.724 bits per heavy atom. The van der Waals surface area contributed by atoms with Crippen molar-refractivity contribution in [2.24, 2.45) is 0 Å². The molecule has 0 aliphatic rings. The Hall–Kier alpha value is -3.24. The zero-order chi connectivity index (χ0) is 20.4. The van der Waals surface area contributed by atoms with Crippen molar-refractivity contribution in [3.05, 3.63) is 83.4 Å². The molecule has 0 radical (unpaired) electrons. The molecule has 0 saturated heterocycles. The Balaban J connectivity index is 1.90. The fraction of sp³-hybridized carbons (Fsp3) is 0.125. The van der Waals surface area contributed by atoms with Crippen molar-refractivity contribution >= 4 is 11.6 Å². The fourth-order valence-corrected chi connectivity index (χ4v) is 3.54. The molecule has 0 spiro atoms. The van der Waals surface area contributed by atoms with Gasteiger partial charge in [-0.2, -0.15) is 5.10 Å². The largest absolute Gasteiger partial charge is 0.497 e. The van der Waals surface area contributed by atoms with Crippen molar-refractivity contribution in [3.8, 4) is 39.7 Å². The molecule has 0 N–H and O–H groups in total. The van der Waals surface area contributed by atoms with E-state index in [4.69, 9.17) is 26.2 Å². The van der Waals surface area contributed by atoms with Crippen LogP contribution in [0.4, 0.5) is 0 Å². The zero-order valence-corrected chi connectivity index (χ0v) is 17.3. The molecule has 146 valence electrons. The Bertz CT molecular complexity index is 1120. The molecule has 0 amide bonds. The van der Waals surface area contributed by atoms with E-state index in [-0.39, 0.29) is 0 Å². The van der Waals surface area contributed by atoms with Crippen LogP contribution in [0.5, 0.6) is 11.5 Å². The van der Waals surface area contributed by atoms with E-state index in [1.807, 2.05) is 65.3 Å². The number of hydrogen-bond donors (Lipinski definition) is 0. The number of rotatable bonds is 5. The Morgan fingerprint density at radius 3 is 1.76 bits per heavy atom. The summed E-state index contributed by atoms with van der Waals surface area (Å²) in [6, 6.07) is 23.8. The van der Waals surface area contributed by atoms with E-state index in [0.717, 1.165) is 39.7 Å². The molecule has 0 aliphatic carbocycles. The van der Waals surface area contributed by atoms with Gasteiger partial charge in [-0.25, -0.2) is 4.68 Å². The van der Waals surface area contributed by atoms with Crippen molar-refractivity contribution < 1.29 is 9.47 Å². The molecule has 0 saturated carbocycles. The molecule has 1 heterocycles. The molecular formula is C24H21ClN2O2. The van der Waals surface area contributed by atoms with Crippen molar-refractivity contribution in [1.82, 2.24) is 9.78 Å². The molecule has 5 heteroatoms. The van der Waals surface area contributed by atoms with E-state index in [2.05, 4.69) is 19.1 Å². The average Bonchev–Trinajstić information content (AvgIpc) is 3.11. The monoisotopic (exact) mass is 404 g/mol. The van der Waals surface area contributed by atoms with Crippen LogP contribution in [0.25, 0.3) is 28.2 Å². The molecule has 0 bridgehead atoms. The number of aromatic nitrogens is 2. The van der Waals surface area contributed by atoms with E-state index < -0.39 is 0 Å². The van der Waals surface area contributed by atoms with Crippen molar-refractivity contribution in [2.45, 2.75) is 6.92 Å². The highest BCUT2D eigenvalue weighted by Crippen LogP contribution is 2.38. The predicted molar refractivity (Wildman–Crippen MR) is 117 cm³/mol. The maximum atomic E-state index is 6.88. The minimum absolute atomic E-state index is 0.598. The lowest BCUT2D eigenvalue weighted by Gasteiger charge is -2.09. The van der Waals surface area contributed by atoms with Gasteiger partial charge in [-0.1, -0.05) is 29.3 Å². The highest BCUT2D eigenvalue weighted by Gasteiger charge is 2.20. The summed E-state index contributed by atoms with van der Waals surface area (Å²) >= 11 is 6.88. The molecule has 4 rings (SSSR count). The van der Waals surface area contributed by atoms with Crippen LogP contribution in [0.15, 0.2) is 72.8 Å². The number of nitrogens with zero attached hydrogens (tertiary/aromatic N) is 2. The van der Waals surface area contributed by atoms with E-state index in [1.165, 1.54) is 5.56 Å². The second-order valence-electron chi connectivity index (χ2n) is 6.72. The fourth-order valence-electron chi connectivity index (χ4n) is 3.20. The minimum Gasteiger partial charge on any atom is -0.497 e. The number of halogens is 1. The van der Waals surface area contributed by atoms with Crippen molar-refractivity contribution in [3.63, 3.8) is 0 Å². The molecular weight excluding hydrogens is 384 g/mol. The molecule has 0 fully saturated rings. The number of aryl methyl sites for hydroxylation is 1. The summed E-state index contributed by atoms with van der Waals surface area (Å²) in [5.41, 5.74) is 5.58. The first-order valence-corrected chi connectivity index (χ1v) is 9.63. The molecule has 3 aromatic carbocycles. The van der Waals surface area contributed by atoms with Gasteiger partial charge < -0.3 is 9.47 Å². The normalized spacial score (nSPS) is 10.8. The lowest BCUT2D eigenvalue weighted by Crippen LogP contribution is -1.99. The average molecular weight is 405 g/mol. The summed E-state index contributed by atoms with van der Waals surface area (Å²) in [4.78, 5) is 0. The minimum atomic E-state index is 0.598. The van der Waals surface area contributed by atoms with Crippen LogP contribution in [0, 0.1) is 6.92 Å². The number of benzene rings is 3. The summed E-state index contributed by atoms with van der Waals surface area (Å²) in [5, 5.41) is 5.47. The topological polar surface area (TPSA) is 36.3 Å². The predicted octanol–water partition coefficient (Wildman–Crippen LogP) is 6.19. The van der Waals surface area contributed by atoms with Crippen LogP contribution in [-0.2, 0) is 0 Å². The third-order valence-electron chi connectivity index (χ3n) is 4.83. The first-order valence-electron chi connectivity index (χ1n) is 9.25. The number of hydrogen-bond acceptors (Lipinski definition) is 3. The van der Waals surface area contributed by atoms with Crippen LogP contribution in [-0.4, -0.2) is 24.0 Å². The van der Waals surface area contributed by atoms with E-state index >= 15 is 0 Å². The molecule has 29 heavy (non-hydrogen) atoms. The molecule has 0 unspecified atom stereocenters. The van der Waals surface area contributed by atoms with Crippen molar-refractivity contribution in [1.29, 1.82) is 0 Å². The van der Waals surface area contributed by atoms with Crippen LogP contribution < -0.4 is 9.47 Å². The van der Waals surface area contributed by atoms with Crippen LogP contribution >= 0.6 is 11.6 Å². The standard InChI is InChI=1S/C24H21ClN2O2/c1-16-4-10-19(11-5-16)27-24(18-8-14-21(29-3)15-9-18)22(25)23(26-27)17-6-12-20(28-2)13-7-17/h4-15H,1-3H3. The van der Waals surface area contributed by atoms with Gasteiger partial charge in [0, 0.05) is 11.1 Å². The van der Waals surface area contributed by atoms with Gasteiger partial charge >= 0.3 is 0 Å². The van der Waals surface area contributed by atoms with Gasteiger partial charge in [-0.05, 0) is 67.6 Å². The second-order valence-corrected chi connectivity index (χ2v) is 7.09. The van der Waals surface area contributed by atoms with Crippen LogP contribution in [0.3, 0.4) is 0 Å². The summed E-state index contributed by atoms with van der Waals surface area (Å²) in [5.74, 6) is 1.58. The number of methoxy groups -OCH3 is 2. The van der Waals surface area contributed by atoms with Gasteiger partial charge in [0.25, 0.3) is 0 Å². The van der Waals surface area contributed by atoms with E-state index in [1.54, 1.807) is 14.2 Å². The summed E-state index contributed by atoms with van der Waals surface area (Å²) < 4.78 is 12.4. The summed E-state index contributed by atoms with van der Waals surface area (Å²) in [6.45, 7) is 2.06. The van der Waals surface area contributed by atoms with E-state index in [9.17, 15) is 0 Å². The van der Waals surface area contributed by atoms with Gasteiger partial charge in [0.2, 0.25) is 0 Å². The summed E-state index contributed by atoms with van der Waals surface area (Å²) in [7, 11) is 3.30. The molecule has 1 aromatic heterocycles. The van der Waals surface area contributed by atoms with E-state index in [0.29, 0.717) is 5.02 Å². The Kier molecular flexibility index (Phi) is 5.28. The number of ether oxygens (including phenoxy) is 2. The lowest BCUT2D eigenvalue weighted by atomic mass is 10.1. The third kappa shape index (κ3) is 3.71. The Morgan fingerprint density at radius 2 is 1.24 bits per heavy atom. The maximum absolute atomic E-state index is 6.88. The first-order chi connectivity index (χ1) is 14.1. The Labute approximate surface area is 175 Å². The molecule has 0 aliphatic heterocycles. The summed E-state index contributed by atoms with van der Waals surface area (Å²) in [6.07, 6.45) is 0. The quantitative estimate of drug-likeness (QED) is 0.398. The van der Waals surface area contributed by atoms with Gasteiger partial charge in [0.1, 0.15) is 17.2 Å². The van der Waals surface area contributed by atoms with Gasteiger partial charge in [0.15, 0.2) is 0 Å². The maximum Gasteiger partial charge on any atom is 0.118 e. The highest BCUT2D eigenvalue weighted by atomic mass is 35.5. The SMILES string of the molecule is COc1ccc(-c2nn(-c3ccc(C)cc3)c(-c3ccc(OC)cc3)c2Cl)cc1. The lowest BCUT2D eigenvalue weighted by molar-refractivity contribution is 0.414. The first kappa shape index (κ1) is 19.1. The molecule has 4 nitrogen and oxygen atoms in total.